The molecule has 2 rings (SSSR count). The number of pyridine rings is 1. The lowest BCUT2D eigenvalue weighted by atomic mass is 10.2. The first-order valence-corrected chi connectivity index (χ1v) is 9.37. The first-order valence-electron chi connectivity index (χ1n) is 9.37. The van der Waals surface area contributed by atoms with E-state index in [-0.39, 0.29) is 11.9 Å². The van der Waals surface area contributed by atoms with Gasteiger partial charge in [0.15, 0.2) is 0 Å². The minimum atomic E-state index is -0.235. The zero-order chi connectivity index (χ0) is 20.4. The highest BCUT2D eigenvalue weighted by Crippen LogP contribution is 2.19. The summed E-state index contributed by atoms with van der Waals surface area (Å²) in [5.74, 6) is 0.743. The van der Waals surface area contributed by atoms with Crippen molar-refractivity contribution in [1.29, 1.82) is 0 Å². The van der Waals surface area contributed by atoms with Crippen molar-refractivity contribution in [3.63, 3.8) is 0 Å². The van der Waals surface area contributed by atoms with Crippen molar-refractivity contribution in [3.8, 4) is 0 Å². The van der Waals surface area contributed by atoms with Gasteiger partial charge in [-0.15, -0.1) is 0 Å². The van der Waals surface area contributed by atoms with Gasteiger partial charge in [-0.25, -0.2) is 4.98 Å². The zero-order valence-electron chi connectivity index (χ0n) is 16.7. The average Bonchev–Trinajstić information content (AvgIpc) is 3.09. The Morgan fingerprint density at radius 3 is 2.96 bits per heavy atom. The third-order valence-electron chi connectivity index (χ3n) is 4.51. The van der Waals surface area contributed by atoms with Crippen LogP contribution in [0.3, 0.4) is 0 Å². The van der Waals surface area contributed by atoms with Crippen LogP contribution in [0.1, 0.15) is 13.3 Å². The summed E-state index contributed by atoms with van der Waals surface area (Å²) in [6, 6.07) is 5.35. The van der Waals surface area contributed by atoms with Crippen LogP contribution in [0.5, 0.6) is 0 Å². The second-order valence-electron chi connectivity index (χ2n) is 6.43. The number of amides is 1. The van der Waals surface area contributed by atoms with E-state index in [9.17, 15) is 4.79 Å². The Bertz CT molecular complexity index is 766. The number of hydrogen-bond donors (Lipinski definition) is 1. The topological polar surface area (TPSA) is 60.8 Å². The molecule has 1 amide bonds. The predicted molar refractivity (Wildman–Crippen MR) is 116 cm³/mol. The molecule has 0 unspecified atom stereocenters. The van der Waals surface area contributed by atoms with Crippen molar-refractivity contribution in [2.45, 2.75) is 19.4 Å². The monoisotopic (exact) mass is 379 g/mol. The maximum Gasteiger partial charge on any atom is 0.245 e. The smallest absolute Gasteiger partial charge is 0.245 e. The van der Waals surface area contributed by atoms with E-state index in [0.717, 1.165) is 17.7 Å². The highest BCUT2D eigenvalue weighted by Gasteiger charge is 2.32. The van der Waals surface area contributed by atoms with Gasteiger partial charge in [-0.05, 0) is 31.1 Å². The van der Waals surface area contributed by atoms with Crippen molar-refractivity contribution < 1.29 is 4.79 Å². The Morgan fingerprint density at radius 2 is 2.32 bits per heavy atom. The molecule has 0 radical (unpaired) electrons. The summed E-state index contributed by atoms with van der Waals surface area (Å²) in [5, 5.41) is 3.33. The second-order valence-corrected chi connectivity index (χ2v) is 6.43. The van der Waals surface area contributed by atoms with E-state index < -0.39 is 0 Å². The quantitative estimate of drug-likeness (QED) is 0.386. The van der Waals surface area contributed by atoms with Crippen LogP contribution in [0.25, 0.3) is 0 Å². The number of nitrogens with one attached hydrogen (secondary N) is 1. The second kappa shape index (κ2) is 11.0. The molecule has 1 atom stereocenters. The fraction of sp³-hybridized carbons (Fsp3) is 0.318. The number of anilines is 1. The summed E-state index contributed by atoms with van der Waals surface area (Å²) in [6.45, 7) is 11.7. The predicted octanol–water partition coefficient (Wildman–Crippen LogP) is 2.94. The molecule has 1 aromatic heterocycles. The van der Waals surface area contributed by atoms with Crippen LogP contribution >= 0.6 is 0 Å². The van der Waals surface area contributed by atoms with Crippen molar-refractivity contribution in [2.75, 3.05) is 31.6 Å². The molecule has 148 valence electrons. The average molecular weight is 380 g/mol. The number of rotatable bonds is 10. The van der Waals surface area contributed by atoms with Gasteiger partial charge in [-0.3, -0.25) is 14.7 Å². The Kier molecular flexibility index (Phi) is 8.37. The maximum atomic E-state index is 12.7. The van der Waals surface area contributed by atoms with Crippen LogP contribution in [-0.2, 0) is 4.79 Å². The van der Waals surface area contributed by atoms with E-state index in [1.54, 1.807) is 30.6 Å². The minimum absolute atomic E-state index is 0.0465. The molecule has 1 aliphatic heterocycles. The van der Waals surface area contributed by atoms with Crippen LogP contribution < -0.4 is 10.2 Å². The number of carbonyl (C=O) groups excluding carboxylic acids is 1. The zero-order valence-corrected chi connectivity index (χ0v) is 16.7. The van der Waals surface area contributed by atoms with Crippen LogP contribution in [-0.4, -0.2) is 54.9 Å². The highest BCUT2D eigenvalue weighted by atomic mass is 16.2. The minimum Gasteiger partial charge on any atom is -0.331 e. The first-order chi connectivity index (χ1) is 13.6. The Morgan fingerprint density at radius 1 is 1.50 bits per heavy atom. The van der Waals surface area contributed by atoms with E-state index in [0.29, 0.717) is 25.5 Å². The van der Waals surface area contributed by atoms with Crippen LogP contribution in [0.4, 0.5) is 5.82 Å². The summed E-state index contributed by atoms with van der Waals surface area (Å²) >= 11 is 0. The van der Waals surface area contributed by atoms with Gasteiger partial charge in [0.1, 0.15) is 5.82 Å². The fourth-order valence-corrected chi connectivity index (χ4v) is 2.95. The molecular weight excluding hydrogens is 350 g/mol. The number of nitrogens with zero attached hydrogens (tertiary/aromatic N) is 4. The lowest BCUT2D eigenvalue weighted by Crippen LogP contribution is -2.41. The van der Waals surface area contributed by atoms with Gasteiger partial charge in [0, 0.05) is 38.6 Å². The summed E-state index contributed by atoms with van der Waals surface area (Å²) in [4.78, 5) is 24.8. The van der Waals surface area contributed by atoms with Gasteiger partial charge in [0.05, 0.1) is 12.4 Å². The Labute approximate surface area is 167 Å². The highest BCUT2D eigenvalue weighted by molar-refractivity contribution is 5.98. The third kappa shape index (κ3) is 5.76. The molecule has 1 aliphatic rings. The molecule has 6 heteroatoms. The molecule has 0 aromatic carbocycles. The summed E-state index contributed by atoms with van der Waals surface area (Å²) < 4.78 is 0. The van der Waals surface area contributed by atoms with E-state index >= 15 is 0 Å². The third-order valence-corrected chi connectivity index (χ3v) is 4.51. The molecule has 1 aromatic rings. The number of allylic oxidation sites excluding steroid dienone is 3. The van der Waals surface area contributed by atoms with Crippen molar-refractivity contribution in [1.82, 2.24) is 15.2 Å². The van der Waals surface area contributed by atoms with E-state index in [1.807, 2.05) is 48.3 Å². The number of hydrogen-bond acceptors (Lipinski definition) is 4. The van der Waals surface area contributed by atoms with Gasteiger partial charge >= 0.3 is 0 Å². The fourth-order valence-electron chi connectivity index (χ4n) is 2.95. The van der Waals surface area contributed by atoms with Gasteiger partial charge in [0.25, 0.3) is 0 Å². The lowest BCUT2D eigenvalue weighted by Gasteiger charge is -2.24. The van der Waals surface area contributed by atoms with Crippen LogP contribution in [0.2, 0.25) is 0 Å². The maximum absolute atomic E-state index is 12.7. The number of aromatic nitrogens is 1. The van der Waals surface area contributed by atoms with Crippen LogP contribution in [0.15, 0.2) is 78.1 Å². The largest absolute Gasteiger partial charge is 0.331 e. The van der Waals surface area contributed by atoms with Gasteiger partial charge in [0.2, 0.25) is 5.91 Å². The Hall–Kier alpha value is -2.99. The van der Waals surface area contributed by atoms with E-state index in [4.69, 9.17) is 0 Å². The van der Waals surface area contributed by atoms with Crippen molar-refractivity contribution in [2.24, 2.45) is 4.99 Å². The summed E-state index contributed by atoms with van der Waals surface area (Å²) in [7, 11) is 1.73. The number of carbonyl (C=O) groups is 1. The van der Waals surface area contributed by atoms with Gasteiger partial charge in [-0.2, -0.15) is 0 Å². The van der Waals surface area contributed by atoms with Gasteiger partial charge in [-0.1, -0.05) is 43.5 Å². The first kappa shape index (κ1) is 21.3. The molecule has 6 nitrogen and oxygen atoms in total. The van der Waals surface area contributed by atoms with Crippen molar-refractivity contribution in [3.05, 3.63) is 73.1 Å². The summed E-state index contributed by atoms with van der Waals surface area (Å²) in [5.41, 5.74) is 1.97. The molecule has 0 spiro atoms. The molecule has 1 N–H and O–H groups in total. The molecule has 1 fully saturated rings. The van der Waals surface area contributed by atoms with Crippen LogP contribution in [0, 0.1) is 0 Å². The molecule has 2 heterocycles. The van der Waals surface area contributed by atoms with E-state index in [2.05, 4.69) is 28.5 Å². The van der Waals surface area contributed by atoms with E-state index in [1.165, 1.54) is 0 Å². The van der Waals surface area contributed by atoms with Crippen molar-refractivity contribution >= 4 is 18.1 Å². The molecule has 0 aliphatic carbocycles. The lowest BCUT2D eigenvalue weighted by molar-refractivity contribution is -0.118. The summed E-state index contributed by atoms with van der Waals surface area (Å²) in [6.07, 6.45) is 11.9. The SMILES string of the molecule is C=C/C=C\C(=C/C)CN(C=NC)C(=C)CN[C@H]1CCN(c2ccccn2)C1=O. The molecule has 28 heavy (non-hydrogen) atoms. The normalized spacial score (nSPS) is 17.6. The Balaban J connectivity index is 1.94. The number of aliphatic imine (C=N–C) groups is 1. The molecular formula is C22H29N5O. The molecule has 0 saturated carbocycles. The molecule has 1 saturated heterocycles. The van der Waals surface area contributed by atoms with Gasteiger partial charge < -0.3 is 10.2 Å². The standard InChI is InChI=1S/C22H29N5O/c1-5-7-10-19(6-2)16-26(17-23-4)18(3)15-25-20-12-14-27(22(20)28)21-11-8-9-13-24-21/h5-11,13,17,20,25H,1,3,12,14-16H2,2,4H3/b10-7-,19-6+,23-17?/t20-/m0/s1. The molecule has 0 bridgehead atoms.